The van der Waals surface area contributed by atoms with Crippen LogP contribution in [0.3, 0.4) is 0 Å². The Morgan fingerprint density at radius 1 is 1.40 bits per heavy atom. The Morgan fingerprint density at radius 3 is 3.15 bits per heavy atom. The van der Waals surface area contributed by atoms with Crippen LogP contribution in [0.1, 0.15) is 22.9 Å². The van der Waals surface area contributed by atoms with Crippen LogP contribution < -0.4 is 4.90 Å². The quantitative estimate of drug-likeness (QED) is 0.915. The summed E-state index contributed by atoms with van der Waals surface area (Å²) in [6, 6.07) is 3.96. The number of aromatic amines is 1. The maximum atomic E-state index is 5.55. The Balaban J connectivity index is 1.52. The number of aromatic nitrogens is 3. The number of fused-ring (bicyclic) bond motifs is 1. The fraction of sp³-hybridized carbons (Fsp3) is 0.429. The lowest BCUT2D eigenvalue weighted by Gasteiger charge is -2.40. The van der Waals surface area contributed by atoms with Crippen LogP contribution in [-0.4, -0.2) is 34.9 Å². The summed E-state index contributed by atoms with van der Waals surface area (Å²) in [4.78, 5) is 6.71. The van der Waals surface area contributed by atoms with E-state index in [0.717, 1.165) is 36.4 Å². The molecule has 4 heterocycles. The van der Waals surface area contributed by atoms with Gasteiger partial charge in [-0.1, -0.05) is 0 Å². The molecule has 1 fully saturated rings. The number of halogens is 1. The normalized spacial score (nSPS) is 18.8. The molecule has 2 aliphatic heterocycles. The van der Waals surface area contributed by atoms with Gasteiger partial charge in [0, 0.05) is 42.9 Å². The number of ether oxygens (including phenoxy) is 1. The monoisotopic (exact) mass is 334 g/mol. The molecule has 104 valence electrons. The van der Waals surface area contributed by atoms with Crippen LogP contribution in [0.25, 0.3) is 0 Å². The molecule has 0 atom stereocenters. The van der Waals surface area contributed by atoms with Crippen molar-refractivity contribution in [3.63, 3.8) is 0 Å². The predicted octanol–water partition coefficient (Wildman–Crippen LogP) is 2.24. The fourth-order valence-corrected chi connectivity index (χ4v) is 3.41. The van der Waals surface area contributed by atoms with Crippen LogP contribution in [-0.2, 0) is 17.8 Å². The molecular formula is C14H15BrN4O. The highest BCUT2D eigenvalue weighted by Crippen LogP contribution is 2.35. The maximum absolute atomic E-state index is 5.55. The van der Waals surface area contributed by atoms with E-state index in [1.807, 2.05) is 18.3 Å². The average molecular weight is 335 g/mol. The highest BCUT2D eigenvalue weighted by molar-refractivity contribution is 9.10. The van der Waals surface area contributed by atoms with Crippen molar-refractivity contribution in [2.75, 3.05) is 24.6 Å². The van der Waals surface area contributed by atoms with E-state index >= 15 is 0 Å². The number of hydrogen-bond donors (Lipinski definition) is 1. The van der Waals surface area contributed by atoms with Gasteiger partial charge in [-0.25, -0.2) is 4.98 Å². The molecule has 6 heteroatoms. The molecule has 1 saturated heterocycles. The summed E-state index contributed by atoms with van der Waals surface area (Å²) < 4.78 is 6.60. The molecule has 2 aliphatic rings. The molecule has 0 spiro atoms. The Labute approximate surface area is 125 Å². The van der Waals surface area contributed by atoms with Gasteiger partial charge in [0.25, 0.3) is 0 Å². The Kier molecular flexibility index (Phi) is 3.00. The molecule has 0 amide bonds. The van der Waals surface area contributed by atoms with Gasteiger partial charge in [0.15, 0.2) is 0 Å². The number of nitrogens with one attached hydrogen (secondary N) is 1. The minimum absolute atomic E-state index is 0.477. The molecule has 0 aliphatic carbocycles. The number of H-pyrrole nitrogens is 1. The lowest BCUT2D eigenvalue weighted by atomic mass is 9.92. The average Bonchev–Trinajstić information content (AvgIpc) is 2.83. The van der Waals surface area contributed by atoms with Gasteiger partial charge in [0.05, 0.1) is 23.4 Å². The summed E-state index contributed by atoms with van der Waals surface area (Å²) in [5.74, 6) is 1.50. The van der Waals surface area contributed by atoms with Gasteiger partial charge < -0.3 is 9.64 Å². The SMILES string of the molecule is Brc1cccnc1N1CC(c2n[nH]c3c2COCC3)C1. The van der Waals surface area contributed by atoms with E-state index in [1.54, 1.807) is 0 Å². The van der Waals surface area contributed by atoms with E-state index in [9.17, 15) is 0 Å². The van der Waals surface area contributed by atoms with Gasteiger partial charge in [-0.05, 0) is 28.1 Å². The van der Waals surface area contributed by atoms with Crippen molar-refractivity contribution in [1.82, 2.24) is 15.2 Å². The van der Waals surface area contributed by atoms with Crippen molar-refractivity contribution in [2.24, 2.45) is 0 Å². The van der Waals surface area contributed by atoms with Crippen LogP contribution in [0.15, 0.2) is 22.8 Å². The molecule has 20 heavy (non-hydrogen) atoms. The summed E-state index contributed by atoms with van der Waals surface area (Å²) in [7, 11) is 0. The number of anilines is 1. The van der Waals surface area contributed by atoms with Crippen LogP contribution in [0.2, 0.25) is 0 Å². The zero-order valence-corrected chi connectivity index (χ0v) is 12.6. The first kappa shape index (κ1) is 12.3. The third-order valence-corrected chi connectivity index (χ3v) is 4.65. The van der Waals surface area contributed by atoms with Gasteiger partial charge in [-0.2, -0.15) is 5.10 Å². The van der Waals surface area contributed by atoms with Crippen LogP contribution in [0.5, 0.6) is 0 Å². The highest BCUT2D eigenvalue weighted by atomic mass is 79.9. The molecule has 5 nitrogen and oxygen atoms in total. The predicted molar refractivity (Wildman–Crippen MR) is 78.8 cm³/mol. The van der Waals surface area contributed by atoms with Crippen molar-refractivity contribution in [3.8, 4) is 0 Å². The largest absolute Gasteiger partial charge is 0.376 e. The van der Waals surface area contributed by atoms with Crippen molar-refractivity contribution in [1.29, 1.82) is 0 Å². The Hall–Kier alpha value is -1.40. The third kappa shape index (κ3) is 1.94. The second kappa shape index (κ2) is 4.86. The summed E-state index contributed by atoms with van der Waals surface area (Å²) in [5.41, 5.74) is 3.72. The Morgan fingerprint density at radius 2 is 2.30 bits per heavy atom. The molecule has 4 rings (SSSR count). The minimum Gasteiger partial charge on any atom is -0.376 e. The third-order valence-electron chi connectivity index (χ3n) is 4.03. The molecule has 0 saturated carbocycles. The maximum Gasteiger partial charge on any atom is 0.142 e. The molecule has 1 N–H and O–H groups in total. The summed E-state index contributed by atoms with van der Waals surface area (Å²) in [5, 5.41) is 7.67. The first-order valence-corrected chi connectivity index (χ1v) is 7.61. The smallest absolute Gasteiger partial charge is 0.142 e. The number of hydrogen-bond acceptors (Lipinski definition) is 4. The van der Waals surface area contributed by atoms with Crippen LogP contribution in [0, 0.1) is 0 Å². The standard InChI is InChI=1S/C14H15BrN4O/c15-11-2-1-4-16-14(11)19-6-9(7-19)13-10-8-20-5-3-12(10)17-18-13/h1-2,4,9H,3,5-8H2,(H,17,18). The van der Waals surface area contributed by atoms with Crippen molar-refractivity contribution >= 4 is 21.7 Å². The molecular weight excluding hydrogens is 320 g/mol. The zero-order chi connectivity index (χ0) is 13.5. The van der Waals surface area contributed by atoms with Gasteiger partial charge in [-0.15, -0.1) is 0 Å². The van der Waals surface area contributed by atoms with E-state index in [2.05, 4.69) is 36.0 Å². The number of pyridine rings is 1. The van der Waals surface area contributed by atoms with E-state index < -0.39 is 0 Å². The molecule has 0 radical (unpaired) electrons. The lowest BCUT2D eigenvalue weighted by Crippen LogP contribution is -2.46. The molecule has 2 aromatic heterocycles. The topological polar surface area (TPSA) is 54.0 Å². The van der Waals surface area contributed by atoms with Gasteiger partial charge in [0.2, 0.25) is 0 Å². The van der Waals surface area contributed by atoms with Crippen molar-refractivity contribution in [2.45, 2.75) is 18.9 Å². The summed E-state index contributed by atoms with van der Waals surface area (Å²) >= 11 is 3.55. The Bertz CT molecular complexity index is 636. The van der Waals surface area contributed by atoms with Gasteiger partial charge in [-0.3, -0.25) is 5.10 Å². The lowest BCUT2D eigenvalue weighted by molar-refractivity contribution is 0.109. The number of nitrogens with zero attached hydrogens (tertiary/aromatic N) is 3. The number of rotatable bonds is 2. The first-order valence-electron chi connectivity index (χ1n) is 6.82. The molecule has 0 aromatic carbocycles. The molecule has 2 aromatic rings. The molecule has 0 bridgehead atoms. The second-order valence-electron chi connectivity index (χ2n) is 5.28. The van der Waals surface area contributed by atoms with E-state index in [1.165, 1.54) is 17.0 Å². The van der Waals surface area contributed by atoms with E-state index in [4.69, 9.17) is 4.74 Å². The van der Waals surface area contributed by atoms with E-state index in [0.29, 0.717) is 12.5 Å². The van der Waals surface area contributed by atoms with E-state index in [-0.39, 0.29) is 0 Å². The van der Waals surface area contributed by atoms with Gasteiger partial charge in [0.1, 0.15) is 5.82 Å². The zero-order valence-electron chi connectivity index (χ0n) is 11.0. The fourth-order valence-electron chi connectivity index (χ4n) is 2.91. The van der Waals surface area contributed by atoms with Crippen LogP contribution in [0.4, 0.5) is 5.82 Å². The first-order chi connectivity index (χ1) is 9.83. The highest BCUT2D eigenvalue weighted by Gasteiger charge is 2.34. The molecule has 0 unspecified atom stereocenters. The second-order valence-corrected chi connectivity index (χ2v) is 6.13. The van der Waals surface area contributed by atoms with Gasteiger partial charge >= 0.3 is 0 Å². The summed E-state index contributed by atoms with van der Waals surface area (Å²) in [6.07, 6.45) is 2.78. The summed E-state index contributed by atoms with van der Waals surface area (Å²) in [6.45, 7) is 3.43. The minimum atomic E-state index is 0.477. The van der Waals surface area contributed by atoms with Crippen LogP contribution >= 0.6 is 15.9 Å². The van der Waals surface area contributed by atoms with Crippen molar-refractivity contribution < 1.29 is 4.74 Å². The van der Waals surface area contributed by atoms with Crippen molar-refractivity contribution in [3.05, 3.63) is 39.8 Å².